The lowest BCUT2D eigenvalue weighted by atomic mass is 9.76. The van der Waals surface area contributed by atoms with Gasteiger partial charge in [0.05, 0.1) is 23.7 Å². The number of para-hydroxylation sites is 1. The number of hydrogen-bond donors (Lipinski definition) is 1. The lowest BCUT2D eigenvalue weighted by Crippen LogP contribution is -2.39. The molecule has 4 aromatic rings. The van der Waals surface area contributed by atoms with E-state index in [4.69, 9.17) is 4.74 Å². The highest BCUT2D eigenvalue weighted by Gasteiger charge is 2.35. The molecule has 1 unspecified atom stereocenters. The summed E-state index contributed by atoms with van der Waals surface area (Å²) in [5.74, 6) is 0.731. The summed E-state index contributed by atoms with van der Waals surface area (Å²) in [5, 5.41) is 4.13. The van der Waals surface area contributed by atoms with Crippen LogP contribution in [0.5, 0.6) is 5.75 Å². The van der Waals surface area contributed by atoms with Crippen LogP contribution in [0.1, 0.15) is 18.1 Å². The van der Waals surface area contributed by atoms with Gasteiger partial charge in [0.25, 0.3) is 0 Å². The van der Waals surface area contributed by atoms with Crippen LogP contribution in [0, 0.1) is 0 Å². The Morgan fingerprint density at radius 3 is 2.40 bits per heavy atom. The molecule has 0 aliphatic rings. The van der Waals surface area contributed by atoms with Gasteiger partial charge in [-0.1, -0.05) is 60.7 Å². The number of nitrogens with one attached hydrogen (secondary N) is 1. The number of fused-ring (bicyclic) bond motifs is 1. The second-order valence-electron chi connectivity index (χ2n) is 7.56. The summed E-state index contributed by atoms with van der Waals surface area (Å²) in [6, 6.07) is 27.5. The topological polar surface area (TPSA) is 51.2 Å². The number of methoxy groups -OCH3 is 1. The van der Waals surface area contributed by atoms with Crippen molar-refractivity contribution in [2.24, 2.45) is 0 Å². The average molecular weight is 396 g/mol. The number of carbonyl (C=O) groups is 1. The summed E-state index contributed by atoms with van der Waals surface area (Å²) >= 11 is 0. The van der Waals surface area contributed by atoms with Gasteiger partial charge in [-0.25, -0.2) is 0 Å². The molecule has 0 spiro atoms. The van der Waals surface area contributed by atoms with Crippen molar-refractivity contribution >= 4 is 22.5 Å². The fraction of sp³-hybridized carbons (Fsp3) is 0.154. The maximum atomic E-state index is 13.6. The Balaban J connectivity index is 1.70. The van der Waals surface area contributed by atoms with E-state index in [1.54, 1.807) is 13.3 Å². The highest BCUT2D eigenvalue weighted by Crippen LogP contribution is 2.32. The molecule has 0 saturated heterocycles. The summed E-state index contributed by atoms with van der Waals surface area (Å²) in [7, 11) is 1.65. The van der Waals surface area contributed by atoms with E-state index >= 15 is 0 Å². The summed E-state index contributed by atoms with van der Waals surface area (Å²) < 4.78 is 5.27. The van der Waals surface area contributed by atoms with Crippen molar-refractivity contribution in [3.05, 3.63) is 102 Å². The number of benzene rings is 3. The van der Waals surface area contributed by atoms with Crippen molar-refractivity contribution in [3.8, 4) is 5.75 Å². The molecule has 4 heteroatoms. The van der Waals surface area contributed by atoms with Crippen LogP contribution in [-0.4, -0.2) is 18.0 Å². The summed E-state index contributed by atoms with van der Waals surface area (Å²) in [6.07, 6.45) is 2.30. The van der Waals surface area contributed by atoms with Crippen LogP contribution < -0.4 is 10.1 Å². The Morgan fingerprint density at radius 1 is 0.933 bits per heavy atom. The van der Waals surface area contributed by atoms with Gasteiger partial charge in [0, 0.05) is 11.6 Å². The quantitative estimate of drug-likeness (QED) is 0.476. The zero-order chi connectivity index (χ0) is 21.0. The van der Waals surface area contributed by atoms with E-state index in [0.29, 0.717) is 6.42 Å². The predicted molar refractivity (Wildman–Crippen MR) is 121 cm³/mol. The first-order valence-electron chi connectivity index (χ1n) is 9.94. The first-order valence-corrected chi connectivity index (χ1v) is 9.94. The number of hydrogen-bond acceptors (Lipinski definition) is 3. The number of nitrogens with zero attached hydrogens (tertiary/aromatic N) is 1. The molecule has 1 aromatic heterocycles. The second kappa shape index (κ2) is 8.37. The average Bonchev–Trinajstić information content (AvgIpc) is 2.80. The Labute approximate surface area is 176 Å². The maximum Gasteiger partial charge on any atom is 0.235 e. The fourth-order valence-corrected chi connectivity index (χ4v) is 3.74. The number of aromatic nitrogens is 1. The van der Waals surface area contributed by atoms with Crippen LogP contribution in [0.25, 0.3) is 10.9 Å². The van der Waals surface area contributed by atoms with E-state index < -0.39 is 5.41 Å². The molecule has 1 amide bonds. The molecule has 0 aliphatic carbocycles. The minimum Gasteiger partial charge on any atom is -0.497 e. The lowest BCUT2D eigenvalue weighted by Gasteiger charge is -2.29. The van der Waals surface area contributed by atoms with Crippen molar-refractivity contribution in [3.63, 3.8) is 0 Å². The third kappa shape index (κ3) is 3.90. The molecule has 4 nitrogen and oxygen atoms in total. The molecule has 0 aliphatic heterocycles. The first-order chi connectivity index (χ1) is 14.6. The zero-order valence-corrected chi connectivity index (χ0v) is 17.1. The van der Waals surface area contributed by atoms with Gasteiger partial charge in [0.15, 0.2) is 0 Å². The second-order valence-corrected chi connectivity index (χ2v) is 7.56. The number of ether oxygens (including phenoxy) is 1. The molecule has 4 rings (SSSR count). The van der Waals surface area contributed by atoms with Gasteiger partial charge >= 0.3 is 0 Å². The van der Waals surface area contributed by atoms with E-state index in [1.807, 2.05) is 91.9 Å². The highest BCUT2D eigenvalue weighted by molar-refractivity contribution is 6.04. The largest absolute Gasteiger partial charge is 0.497 e. The number of rotatable bonds is 6. The summed E-state index contributed by atoms with van der Waals surface area (Å²) in [4.78, 5) is 18.1. The van der Waals surface area contributed by atoms with Crippen LogP contribution in [0.2, 0.25) is 0 Å². The van der Waals surface area contributed by atoms with Gasteiger partial charge in [-0.3, -0.25) is 9.78 Å². The van der Waals surface area contributed by atoms with Gasteiger partial charge in [-0.15, -0.1) is 0 Å². The minimum atomic E-state index is -0.757. The Hall–Kier alpha value is -3.66. The van der Waals surface area contributed by atoms with E-state index in [0.717, 1.165) is 33.5 Å². The molecule has 1 heterocycles. The molecule has 3 aromatic carbocycles. The fourth-order valence-electron chi connectivity index (χ4n) is 3.74. The van der Waals surface area contributed by atoms with E-state index in [-0.39, 0.29) is 5.91 Å². The summed E-state index contributed by atoms with van der Waals surface area (Å²) in [5.41, 5.74) is 2.77. The van der Waals surface area contributed by atoms with Gasteiger partial charge in [0.1, 0.15) is 5.75 Å². The van der Waals surface area contributed by atoms with E-state index in [9.17, 15) is 4.79 Å². The number of amides is 1. The van der Waals surface area contributed by atoms with Crippen LogP contribution in [0.15, 0.2) is 91.1 Å². The molecule has 150 valence electrons. The summed E-state index contributed by atoms with van der Waals surface area (Å²) in [6.45, 7) is 1.99. The van der Waals surface area contributed by atoms with Gasteiger partial charge < -0.3 is 10.1 Å². The van der Waals surface area contributed by atoms with Crippen molar-refractivity contribution in [1.29, 1.82) is 0 Å². The molecule has 0 saturated carbocycles. The van der Waals surface area contributed by atoms with Crippen molar-refractivity contribution in [2.75, 3.05) is 12.4 Å². The molecular weight excluding hydrogens is 372 g/mol. The highest BCUT2D eigenvalue weighted by atomic mass is 16.5. The van der Waals surface area contributed by atoms with E-state index in [1.165, 1.54) is 0 Å². The van der Waals surface area contributed by atoms with Crippen LogP contribution in [0.4, 0.5) is 5.69 Å². The predicted octanol–water partition coefficient (Wildman–Crippen LogP) is 5.38. The number of pyridine rings is 1. The molecule has 0 radical (unpaired) electrons. The maximum absolute atomic E-state index is 13.6. The standard InChI is InChI=1S/C26H24N2O2/c1-26(21-10-4-3-5-11-21,18-19-13-15-22(30-2)16-14-19)25(29)28-23-12-6-8-20-9-7-17-27-24(20)23/h3-17H,18H2,1-2H3,(H,28,29). The minimum absolute atomic E-state index is 0.0670. The van der Waals surface area contributed by atoms with Crippen molar-refractivity contribution in [2.45, 2.75) is 18.8 Å². The molecule has 30 heavy (non-hydrogen) atoms. The first kappa shape index (κ1) is 19.6. The molecular formula is C26H24N2O2. The van der Waals surface area contributed by atoms with E-state index in [2.05, 4.69) is 10.3 Å². The molecule has 1 N–H and O–H groups in total. The third-order valence-electron chi connectivity index (χ3n) is 5.51. The normalized spacial score (nSPS) is 12.9. The number of carbonyl (C=O) groups excluding carboxylic acids is 1. The smallest absolute Gasteiger partial charge is 0.235 e. The van der Waals surface area contributed by atoms with Crippen molar-refractivity contribution < 1.29 is 9.53 Å². The van der Waals surface area contributed by atoms with Crippen LogP contribution >= 0.6 is 0 Å². The van der Waals surface area contributed by atoms with Gasteiger partial charge in [0.2, 0.25) is 5.91 Å². The van der Waals surface area contributed by atoms with Gasteiger partial charge in [-0.2, -0.15) is 0 Å². The Morgan fingerprint density at radius 2 is 1.67 bits per heavy atom. The van der Waals surface area contributed by atoms with Crippen LogP contribution in [-0.2, 0) is 16.6 Å². The monoisotopic (exact) mass is 396 g/mol. The SMILES string of the molecule is COc1ccc(CC(C)(C(=O)Nc2cccc3cccnc23)c2ccccc2)cc1. The number of anilines is 1. The third-order valence-corrected chi connectivity index (χ3v) is 5.51. The molecule has 1 atom stereocenters. The Kier molecular flexibility index (Phi) is 5.48. The Bertz CT molecular complexity index is 1150. The van der Waals surface area contributed by atoms with Crippen LogP contribution in [0.3, 0.4) is 0 Å². The van der Waals surface area contributed by atoms with Crippen molar-refractivity contribution in [1.82, 2.24) is 4.98 Å². The zero-order valence-electron chi connectivity index (χ0n) is 17.1. The lowest BCUT2D eigenvalue weighted by molar-refractivity contribution is -0.121. The molecule has 0 bridgehead atoms. The molecule has 0 fully saturated rings. The van der Waals surface area contributed by atoms with Gasteiger partial charge in [-0.05, 0) is 48.7 Å².